The lowest BCUT2D eigenvalue weighted by Gasteiger charge is -2.33. The van der Waals surface area contributed by atoms with E-state index in [0.29, 0.717) is 18.7 Å². The molecule has 2 N–H and O–H groups in total. The van der Waals surface area contributed by atoms with Gasteiger partial charge in [0.25, 0.3) is 0 Å². The maximum absolute atomic E-state index is 12.4. The van der Waals surface area contributed by atoms with Gasteiger partial charge in [-0.1, -0.05) is 0 Å². The van der Waals surface area contributed by atoms with Gasteiger partial charge < -0.3 is 10.6 Å². The molecule has 1 unspecified atom stereocenters. The minimum absolute atomic E-state index is 0.0853. The largest absolute Gasteiger partial charge is 0.368 e. The average Bonchev–Trinajstić information content (AvgIpc) is 2.73. The van der Waals surface area contributed by atoms with Crippen LogP contribution in [0, 0.1) is 24.0 Å². The summed E-state index contributed by atoms with van der Waals surface area (Å²) in [5, 5.41) is 15.0. The molecule has 9 nitrogen and oxygen atoms in total. The van der Waals surface area contributed by atoms with Crippen LogP contribution < -0.4 is 5.73 Å². The van der Waals surface area contributed by atoms with Crippen molar-refractivity contribution in [2.75, 3.05) is 6.54 Å². The van der Waals surface area contributed by atoms with Gasteiger partial charge in [-0.25, -0.2) is 0 Å². The first-order chi connectivity index (χ1) is 10.3. The highest BCUT2D eigenvalue weighted by atomic mass is 16.6. The summed E-state index contributed by atoms with van der Waals surface area (Å²) in [7, 11) is 0. The molecular weight excluding hydrogens is 290 g/mol. The highest BCUT2D eigenvalue weighted by molar-refractivity contribution is 5.86. The van der Waals surface area contributed by atoms with Gasteiger partial charge in [0.05, 0.1) is 4.92 Å². The lowest BCUT2D eigenvalue weighted by atomic mass is 10.0. The fourth-order valence-electron chi connectivity index (χ4n) is 2.85. The van der Waals surface area contributed by atoms with Gasteiger partial charge in [-0.2, -0.15) is 5.10 Å². The molecule has 0 bridgehead atoms. The van der Waals surface area contributed by atoms with E-state index in [2.05, 4.69) is 5.10 Å². The Labute approximate surface area is 127 Å². The van der Waals surface area contributed by atoms with E-state index in [9.17, 15) is 19.7 Å². The number of hydrogen-bond donors (Lipinski definition) is 1. The summed E-state index contributed by atoms with van der Waals surface area (Å²) in [6, 6.07) is -0.604. The molecule has 0 aromatic carbocycles. The first-order valence-electron chi connectivity index (χ1n) is 7.10. The molecule has 9 heteroatoms. The number of nitrogens with two attached hydrogens (primary N) is 1. The van der Waals surface area contributed by atoms with E-state index in [1.807, 2.05) is 0 Å². The Bertz CT molecular complexity index is 624. The van der Waals surface area contributed by atoms with Crippen LogP contribution in [0.15, 0.2) is 0 Å². The molecule has 0 radical (unpaired) electrons. The molecule has 2 amide bonds. The fourth-order valence-corrected chi connectivity index (χ4v) is 2.85. The van der Waals surface area contributed by atoms with Gasteiger partial charge in [0.1, 0.15) is 24.0 Å². The van der Waals surface area contributed by atoms with Crippen molar-refractivity contribution in [3.8, 4) is 0 Å². The number of aromatic nitrogens is 2. The van der Waals surface area contributed by atoms with Crippen LogP contribution in [0.25, 0.3) is 0 Å². The van der Waals surface area contributed by atoms with Crippen molar-refractivity contribution in [3.63, 3.8) is 0 Å². The van der Waals surface area contributed by atoms with Gasteiger partial charge >= 0.3 is 5.69 Å². The molecule has 1 aromatic rings. The van der Waals surface area contributed by atoms with Gasteiger partial charge in [0, 0.05) is 6.54 Å². The van der Waals surface area contributed by atoms with E-state index in [1.165, 1.54) is 16.5 Å². The molecule has 1 aliphatic heterocycles. The average molecular weight is 309 g/mol. The maximum atomic E-state index is 12.4. The maximum Gasteiger partial charge on any atom is 0.312 e. The Hall–Kier alpha value is -2.45. The normalized spacial score (nSPS) is 18.3. The summed E-state index contributed by atoms with van der Waals surface area (Å²) >= 11 is 0. The third-order valence-corrected chi connectivity index (χ3v) is 3.96. The topological polar surface area (TPSA) is 124 Å². The Balaban J connectivity index is 2.20. The number of likely N-dealkylation sites (tertiary alicyclic amines) is 1. The van der Waals surface area contributed by atoms with E-state index in [0.717, 1.165) is 12.8 Å². The Morgan fingerprint density at radius 1 is 1.41 bits per heavy atom. The third-order valence-electron chi connectivity index (χ3n) is 3.96. The zero-order valence-corrected chi connectivity index (χ0v) is 12.6. The lowest BCUT2D eigenvalue weighted by molar-refractivity contribution is -0.386. The Kier molecular flexibility index (Phi) is 4.43. The van der Waals surface area contributed by atoms with Crippen LogP contribution in [0.3, 0.4) is 0 Å². The summed E-state index contributed by atoms with van der Waals surface area (Å²) in [4.78, 5) is 35.8. The summed E-state index contributed by atoms with van der Waals surface area (Å²) in [5.74, 6) is -0.823. The van der Waals surface area contributed by atoms with Crippen molar-refractivity contribution in [3.05, 3.63) is 21.5 Å². The molecule has 1 atom stereocenters. The Morgan fingerprint density at radius 2 is 2.09 bits per heavy atom. The molecule has 2 heterocycles. The lowest BCUT2D eigenvalue weighted by Crippen LogP contribution is -2.51. The fraction of sp³-hybridized carbons (Fsp3) is 0.615. The van der Waals surface area contributed by atoms with Crippen molar-refractivity contribution in [1.82, 2.24) is 14.7 Å². The van der Waals surface area contributed by atoms with Crippen LogP contribution in [0.2, 0.25) is 0 Å². The van der Waals surface area contributed by atoms with E-state index in [-0.39, 0.29) is 23.8 Å². The first kappa shape index (κ1) is 15.9. The monoisotopic (exact) mass is 309 g/mol. The molecule has 120 valence electrons. The second kappa shape index (κ2) is 6.12. The molecule has 1 aliphatic rings. The van der Waals surface area contributed by atoms with Crippen LogP contribution in [0.1, 0.15) is 30.7 Å². The highest BCUT2D eigenvalue weighted by Crippen LogP contribution is 2.23. The van der Waals surface area contributed by atoms with Gasteiger partial charge in [-0.15, -0.1) is 0 Å². The zero-order valence-electron chi connectivity index (χ0n) is 12.6. The molecule has 1 saturated heterocycles. The summed E-state index contributed by atoms with van der Waals surface area (Å²) in [6.45, 7) is 3.41. The second-order valence-corrected chi connectivity index (χ2v) is 5.44. The van der Waals surface area contributed by atoms with Crippen molar-refractivity contribution in [1.29, 1.82) is 0 Å². The predicted octanol–water partition coefficient (Wildman–Crippen LogP) is 0.275. The van der Waals surface area contributed by atoms with Gasteiger partial charge in [0.2, 0.25) is 11.8 Å². The van der Waals surface area contributed by atoms with E-state index in [4.69, 9.17) is 5.73 Å². The Morgan fingerprint density at radius 3 is 2.64 bits per heavy atom. The smallest absolute Gasteiger partial charge is 0.312 e. The number of aryl methyl sites for hydroxylation is 1. The molecule has 0 aliphatic carbocycles. The van der Waals surface area contributed by atoms with Crippen LogP contribution >= 0.6 is 0 Å². The minimum Gasteiger partial charge on any atom is -0.368 e. The van der Waals surface area contributed by atoms with Gasteiger partial charge in [0.15, 0.2) is 0 Å². The van der Waals surface area contributed by atoms with E-state index in [1.54, 1.807) is 6.92 Å². The van der Waals surface area contributed by atoms with Gasteiger partial charge in [-0.05, 0) is 33.1 Å². The molecule has 22 heavy (non-hydrogen) atoms. The second-order valence-electron chi connectivity index (χ2n) is 5.44. The molecule has 0 saturated carbocycles. The van der Waals surface area contributed by atoms with Crippen LogP contribution in [-0.2, 0) is 16.1 Å². The number of rotatable bonds is 4. The number of carbonyl (C=O) groups excluding carboxylic acids is 2. The number of hydrogen-bond acceptors (Lipinski definition) is 5. The molecule has 2 rings (SSSR count). The molecule has 1 fully saturated rings. The highest BCUT2D eigenvalue weighted by Gasteiger charge is 2.31. The first-order valence-corrected chi connectivity index (χ1v) is 7.10. The molecular formula is C13H19N5O4. The van der Waals surface area contributed by atoms with Crippen molar-refractivity contribution in [2.45, 2.75) is 45.7 Å². The van der Waals surface area contributed by atoms with Gasteiger partial charge in [-0.3, -0.25) is 24.4 Å². The summed E-state index contributed by atoms with van der Waals surface area (Å²) in [6.07, 6.45) is 2.22. The van der Waals surface area contributed by atoms with Crippen molar-refractivity contribution in [2.24, 2.45) is 5.73 Å². The number of amides is 2. The van der Waals surface area contributed by atoms with Crippen LogP contribution in [0.4, 0.5) is 5.69 Å². The number of nitrogens with zero attached hydrogens (tertiary/aromatic N) is 4. The number of carbonyl (C=O) groups is 2. The number of nitro groups is 1. The minimum atomic E-state index is -0.604. The van der Waals surface area contributed by atoms with Crippen molar-refractivity contribution < 1.29 is 14.5 Å². The standard InChI is InChI=1S/C13H19N5O4/c1-8-12(18(21)22)9(2)17(15-8)7-11(19)16-6-4-3-5-10(16)13(14)20/h10H,3-7H2,1-2H3,(H2,14,20). The van der Waals surface area contributed by atoms with Crippen LogP contribution in [-0.4, -0.2) is 44.0 Å². The van der Waals surface area contributed by atoms with Crippen molar-refractivity contribution >= 4 is 17.5 Å². The molecule has 0 spiro atoms. The third kappa shape index (κ3) is 2.92. The summed E-state index contributed by atoms with van der Waals surface area (Å²) in [5.41, 5.74) is 5.84. The number of piperidine rings is 1. The quantitative estimate of drug-likeness (QED) is 0.631. The van der Waals surface area contributed by atoms with E-state index < -0.39 is 16.9 Å². The summed E-state index contributed by atoms with van der Waals surface area (Å²) < 4.78 is 1.31. The SMILES string of the molecule is Cc1nn(CC(=O)N2CCCCC2C(N)=O)c(C)c1[N+](=O)[O-]. The molecule has 1 aromatic heterocycles. The zero-order chi connectivity index (χ0) is 16.4. The van der Waals surface area contributed by atoms with E-state index >= 15 is 0 Å². The number of primary amides is 1. The predicted molar refractivity (Wildman–Crippen MR) is 76.9 cm³/mol. The van der Waals surface area contributed by atoms with Crippen LogP contribution in [0.5, 0.6) is 0 Å².